The second-order valence-electron chi connectivity index (χ2n) is 3.88. The Labute approximate surface area is 110 Å². The number of methoxy groups -OCH3 is 1. The van der Waals surface area contributed by atoms with E-state index in [0.717, 1.165) is 0 Å². The fourth-order valence-electron chi connectivity index (χ4n) is 1.65. The molecule has 0 spiro atoms. The number of amides is 1. The Morgan fingerprint density at radius 2 is 1.89 bits per heavy atom. The average molecular weight is 260 g/mol. The van der Waals surface area contributed by atoms with Crippen molar-refractivity contribution in [3.05, 3.63) is 53.8 Å². The number of rotatable bonds is 3. The fourth-order valence-corrected chi connectivity index (χ4v) is 1.65. The molecule has 0 aliphatic carbocycles. The van der Waals surface area contributed by atoms with Crippen LogP contribution in [-0.2, 0) is 0 Å². The van der Waals surface area contributed by atoms with Crippen LogP contribution in [0.2, 0.25) is 0 Å². The Morgan fingerprint density at radius 1 is 1.21 bits per heavy atom. The largest absolute Gasteiger partial charge is 0.495 e. The van der Waals surface area contributed by atoms with Crippen LogP contribution in [-0.4, -0.2) is 13.0 Å². The molecule has 0 unspecified atom stereocenters. The van der Waals surface area contributed by atoms with Gasteiger partial charge in [0.25, 0.3) is 5.91 Å². The molecule has 98 valence electrons. The first-order valence-electron chi connectivity index (χ1n) is 5.61. The van der Waals surface area contributed by atoms with E-state index in [4.69, 9.17) is 10.5 Å². The van der Waals surface area contributed by atoms with Gasteiger partial charge in [0, 0.05) is 5.69 Å². The smallest absolute Gasteiger partial charge is 0.257 e. The molecular formula is C14H13FN2O2. The summed E-state index contributed by atoms with van der Waals surface area (Å²) in [6.45, 7) is 0. The molecule has 5 heteroatoms. The fraction of sp³-hybridized carbons (Fsp3) is 0.0714. The van der Waals surface area contributed by atoms with Gasteiger partial charge in [0.15, 0.2) is 0 Å². The number of carbonyl (C=O) groups excluding carboxylic acids is 1. The van der Waals surface area contributed by atoms with E-state index in [1.165, 1.54) is 31.4 Å². The van der Waals surface area contributed by atoms with Gasteiger partial charge in [-0.2, -0.15) is 0 Å². The van der Waals surface area contributed by atoms with Crippen LogP contribution in [0.3, 0.4) is 0 Å². The number of carbonyl (C=O) groups is 1. The highest BCUT2D eigenvalue weighted by molar-refractivity contribution is 6.08. The number of benzene rings is 2. The number of nitrogen functional groups attached to an aromatic ring is 1. The molecule has 0 radical (unpaired) electrons. The summed E-state index contributed by atoms with van der Waals surface area (Å²) in [4.78, 5) is 12.0. The quantitative estimate of drug-likeness (QED) is 0.834. The van der Waals surface area contributed by atoms with Crippen molar-refractivity contribution in [1.82, 2.24) is 0 Å². The van der Waals surface area contributed by atoms with Crippen molar-refractivity contribution in [2.45, 2.75) is 0 Å². The summed E-state index contributed by atoms with van der Waals surface area (Å²) in [5.41, 5.74) is 6.90. The van der Waals surface area contributed by atoms with Crippen LogP contribution in [0.5, 0.6) is 5.75 Å². The molecule has 1 amide bonds. The molecule has 0 atom stereocenters. The second-order valence-corrected chi connectivity index (χ2v) is 3.88. The van der Waals surface area contributed by atoms with Gasteiger partial charge in [-0.3, -0.25) is 4.79 Å². The molecule has 0 heterocycles. The molecule has 3 N–H and O–H groups in total. The summed E-state index contributed by atoms with van der Waals surface area (Å²) < 4.78 is 17.8. The standard InChI is InChI=1S/C14H13FN2O2/c1-19-12-4-2-3-11(13(12)16)14(18)17-10-7-5-9(15)6-8-10/h2-8H,16H2,1H3,(H,17,18). The Bertz CT molecular complexity index is 597. The highest BCUT2D eigenvalue weighted by Gasteiger charge is 2.13. The van der Waals surface area contributed by atoms with E-state index in [9.17, 15) is 9.18 Å². The third-order valence-corrected chi connectivity index (χ3v) is 2.63. The minimum Gasteiger partial charge on any atom is -0.495 e. The van der Waals surface area contributed by atoms with Gasteiger partial charge < -0.3 is 15.8 Å². The van der Waals surface area contributed by atoms with Gasteiger partial charge in [-0.25, -0.2) is 4.39 Å². The Morgan fingerprint density at radius 3 is 2.53 bits per heavy atom. The Balaban J connectivity index is 2.23. The van der Waals surface area contributed by atoms with E-state index in [1.54, 1.807) is 18.2 Å². The van der Waals surface area contributed by atoms with Crippen LogP contribution in [0.4, 0.5) is 15.8 Å². The van der Waals surface area contributed by atoms with Crippen LogP contribution in [0.1, 0.15) is 10.4 Å². The lowest BCUT2D eigenvalue weighted by molar-refractivity contribution is 0.102. The zero-order valence-electron chi connectivity index (χ0n) is 10.3. The average Bonchev–Trinajstić information content (AvgIpc) is 2.41. The molecule has 2 rings (SSSR count). The number of para-hydroxylation sites is 1. The van der Waals surface area contributed by atoms with Gasteiger partial charge in [0.05, 0.1) is 18.4 Å². The molecule has 0 bridgehead atoms. The number of nitrogens with one attached hydrogen (secondary N) is 1. The van der Waals surface area contributed by atoms with E-state index in [1.807, 2.05) is 0 Å². The lowest BCUT2D eigenvalue weighted by atomic mass is 10.1. The predicted octanol–water partition coefficient (Wildman–Crippen LogP) is 2.67. The maximum atomic E-state index is 12.8. The van der Waals surface area contributed by atoms with Gasteiger partial charge in [-0.05, 0) is 36.4 Å². The van der Waals surface area contributed by atoms with E-state index in [2.05, 4.69) is 5.32 Å². The Hall–Kier alpha value is -2.56. The van der Waals surface area contributed by atoms with E-state index >= 15 is 0 Å². The highest BCUT2D eigenvalue weighted by atomic mass is 19.1. The summed E-state index contributed by atoms with van der Waals surface area (Å²) in [7, 11) is 1.48. The first-order valence-corrected chi connectivity index (χ1v) is 5.61. The number of anilines is 2. The van der Waals surface area contributed by atoms with Gasteiger partial charge in [0.1, 0.15) is 11.6 Å². The molecule has 4 nitrogen and oxygen atoms in total. The van der Waals surface area contributed by atoms with E-state index in [0.29, 0.717) is 17.0 Å². The third-order valence-electron chi connectivity index (χ3n) is 2.63. The summed E-state index contributed by atoms with van der Waals surface area (Å²) >= 11 is 0. The molecule has 0 aliphatic rings. The molecule has 0 fully saturated rings. The van der Waals surface area contributed by atoms with Crippen molar-refractivity contribution in [2.75, 3.05) is 18.2 Å². The van der Waals surface area contributed by atoms with Crippen LogP contribution in [0.15, 0.2) is 42.5 Å². The zero-order chi connectivity index (χ0) is 13.8. The van der Waals surface area contributed by atoms with Crippen LogP contribution < -0.4 is 15.8 Å². The minimum atomic E-state index is -0.372. The van der Waals surface area contributed by atoms with Crippen molar-refractivity contribution in [3.8, 4) is 5.75 Å². The molecule has 2 aromatic rings. The molecule has 0 aliphatic heterocycles. The first-order chi connectivity index (χ1) is 9.11. The van der Waals surface area contributed by atoms with Crippen molar-refractivity contribution >= 4 is 17.3 Å². The van der Waals surface area contributed by atoms with Crippen molar-refractivity contribution in [3.63, 3.8) is 0 Å². The zero-order valence-corrected chi connectivity index (χ0v) is 10.3. The Kier molecular flexibility index (Phi) is 3.66. The topological polar surface area (TPSA) is 64.3 Å². The number of halogens is 1. The maximum Gasteiger partial charge on any atom is 0.257 e. The monoisotopic (exact) mass is 260 g/mol. The van der Waals surface area contributed by atoms with Crippen LogP contribution in [0, 0.1) is 5.82 Å². The maximum absolute atomic E-state index is 12.8. The highest BCUT2D eigenvalue weighted by Crippen LogP contribution is 2.25. The lowest BCUT2D eigenvalue weighted by Gasteiger charge is -2.10. The van der Waals surface area contributed by atoms with Gasteiger partial charge in [-0.15, -0.1) is 0 Å². The summed E-state index contributed by atoms with van der Waals surface area (Å²) in [6, 6.07) is 10.4. The van der Waals surface area contributed by atoms with Gasteiger partial charge >= 0.3 is 0 Å². The molecule has 19 heavy (non-hydrogen) atoms. The predicted molar refractivity (Wildman–Crippen MR) is 71.8 cm³/mol. The summed E-state index contributed by atoms with van der Waals surface area (Å²) in [5, 5.41) is 2.64. The normalized spacial score (nSPS) is 10.0. The van der Waals surface area contributed by atoms with E-state index < -0.39 is 0 Å². The second kappa shape index (κ2) is 5.39. The molecule has 0 saturated carbocycles. The van der Waals surface area contributed by atoms with Crippen molar-refractivity contribution < 1.29 is 13.9 Å². The number of ether oxygens (including phenoxy) is 1. The van der Waals surface area contributed by atoms with Crippen molar-refractivity contribution in [2.24, 2.45) is 0 Å². The van der Waals surface area contributed by atoms with Gasteiger partial charge in [0.2, 0.25) is 0 Å². The van der Waals surface area contributed by atoms with Crippen LogP contribution >= 0.6 is 0 Å². The van der Waals surface area contributed by atoms with E-state index in [-0.39, 0.29) is 17.4 Å². The summed E-state index contributed by atoms with van der Waals surface area (Å²) in [5.74, 6) is -0.298. The molecule has 0 aromatic heterocycles. The third kappa shape index (κ3) is 2.82. The SMILES string of the molecule is COc1cccc(C(=O)Nc2ccc(F)cc2)c1N. The summed E-state index contributed by atoms with van der Waals surface area (Å²) in [6.07, 6.45) is 0. The van der Waals surface area contributed by atoms with Crippen LogP contribution in [0.25, 0.3) is 0 Å². The molecular weight excluding hydrogens is 247 g/mol. The number of nitrogens with two attached hydrogens (primary N) is 1. The molecule has 2 aromatic carbocycles. The first kappa shape index (κ1) is 12.9. The number of hydrogen-bond acceptors (Lipinski definition) is 3. The van der Waals surface area contributed by atoms with Crippen molar-refractivity contribution in [1.29, 1.82) is 0 Å². The minimum absolute atomic E-state index is 0.268. The molecule has 0 saturated heterocycles. The number of hydrogen-bond donors (Lipinski definition) is 2. The lowest BCUT2D eigenvalue weighted by Crippen LogP contribution is -2.14. The van der Waals surface area contributed by atoms with Gasteiger partial charge in [-0.1, -0.05) is 6.07 Å².